The number of ether oxygens (including phenoxy) is 1. The second-order valence-corrected chi connectivity index (χ2v) is 5.67. The molecule has 2 aromatic rings. The predicted molar refractivity (Wildman–Crippen MR) is 101 cm³/mol. The first-order valence-corrected chi connectivity index (χ1v) is 8.40. The molecule has 27 heavy (non-hydrogen) atoms. The number of carbonyl (C=O) groups excluding carboxylic acids is 2. The Balaban J connectivity index is 2.11. The SMILES string of the molecule is CCOC(=O)CN(Cc1ccccc1)C(=O)/C=C/c1ccc([N+](=O)[O-])cc1. The van der Waals surface area contributed by atoms with E-state index in [2.05, 4.69) is 0 Å². The lowest BCUT2D eigenvalue weighted by molar-refractivity contribution is -0.384. The summed E-state index contributed by atoms with van der Waals surface area (Å²) in [7, 11) is 0. The van der Waals surface area contributed by atoms with Crippen LogP contribution in [0.1, 0.15) is 18.1 Å². The number of hydrogen-bond acceptors (Lipinski definition) is 5. The fourth-order valence-corrected chi connectivity index (χ4v) is 2.36. The summed E-state index contributed by atoms with van der Waals surface area (Å²) < 4.78 is 4.94. The number of rotatable bonds is 8. The Morgan fingerprint density at radius 1 is 1.11 bits per heavy atom. The van der Waals surface area contributed by atoms with Gasteiger partial charge in [-0.15, -0.1) is 0 Å². The summed E-state index contributed by atoms with van der Waals surface area (Å²) in [5.41, 5.74) is 1.51. The molecule has 0 heterocycles. The molecule has 140 valence electrons. The van der Waals surface area contributed by atoms with Crippen LogP contribution in [-0.2, 0) is 20.9 Å². The van der Waals surface area contributed by atoms with Crippen LogP contribution in [-0.4, -0.2) is 34.9 Å². The molecule has 0 aromatic heterocycles. The molecule has 0 fully saturated rings. The Morgan fingerprint density at radius 3 is 2.37 bits per heavy atom. The van der Waals surface area contributed by atoms with Crippen molar-refractivity contribution in [3.63, 3.8) is 0 Å². The zero-order valence-electron chi connectivity index (χ0n) is 14.9. The summed E-state index contributed by atoms with van der Waals surface area (Å²) in [5.74, 6) is -0.837. The van der Waals surface area contributed by atoms with Crippen molar-refractivity contribution in [2.45, 2.75) is 13.5 Å². The highest BCUT2D eigenvalue weighted by Crippen LogP contribution is 2.13. The van der Waals surface area contributed by atoms with Gasteiger partial charge in [-0.3, -0.25) is 19.7 Å². The smallest absolute Gasteiger partial charge is 0.325 e. The molecule has 0 aliphatic heterocycles. The maximum atomic E-state index is 12.6. The van der Waals surface area contributed by atoms with Crippen molar-refractivity contribution in [3.05, 3.63) is 81.9 Å². The van der Waals surface area contributed by atoms with E-state index in [9.17, 15) is 19.7 Å². The average molecular weight is 368 g/mol. The van der Waals surface area contributed by atoms with Crippen molar-refractivity contribution in [3.8, 4) is 0 Å². The van der Waals surface area contributed by atoms with Crippen LogP contribution in [0, 0.1) is 10.1 Å². The van der Waals surface area contributed by atoms with Crippen molar-refractivity contribution in [2.24, 2.45) is 0 Å². The van der Waals surface area contributed by atoms with E-state index in [0.717, 1.165) is 5.56 Å². The van der Waals surface area contributed by atoms with Gasteiger partial charge in [-0.1, -0.05) is 30.3 Å². The predicted octanol–water partition coefficient (Wildman–Crippen LogP) is 3.20. The molecule has 0 aliphatic rings. The highest BCUT2D eigenvalue weighted by atomic mass is 16.6. The van der Waals surface area contributed by atoms with E-state index in [-0.39, 0.29) is 31.3 Å². The Labute approximate surface area is 157 Å². The fourth-order valence-electron chi connectivity index (χ4n) is 2.36. The van der Waals surface area contributed by atoms with Gasteiger partial charge in [0.2, 0.25) is 5.91 Å². The van der Waals surface area contributed by atoms with Crippen LogP contribution in [0.25, 0.3) is 6.08 Å². The molecule has 0 aliphatic carbocycles. The second kappa shape index (κ2) is 9.86. The summed E-state index contributed by atoms with van der Waals surface area (Å²) in [4.78, 5) is 36.0. The Bertz CT molecular complexity index is 816. The number of nitrogens with zero attached hydrogens (tertiary/aromatic N) is 2. The number of non-ortho nitro benzene ring substituents is 1. The van der Waals surface area contributed by atoms with Gasteiger partial charge in [-0.25, -0.2) is 0 Å². The first-order valence-electron chi connectivity index (χ1n) is 8.40. The summed E-state index contributed by atoms with van der Waals surface area (Å²) in [5, 5.41) is 10.7. The molecule has 0 bridgehead atoms. The van der Waals surface area contributed by atoms with Gasteiger partial charge in [0, 0.05) is 24.8 Å². The maximum Gasteiger partial charge on any atom is 0.325 e. The monoisotopic (exact) mass is 368 g/mol. The molecule has 1 amide bonds. The number of esters is 1. The third-order valence-corrected chi connectivity index (χ3v) is 3.68. The zero-order valence-corrected chi connectivity index (χ0v) is 14.9. The van der Waals surface area contributed by atoms with Crippen LogP contribution in [0.5, 0.6) is 0 Å². The first kappa shape index (κ1) is 19.8. The van der Waals surface area contributed by atoms with Gasteiger partial charge in [-0.05, 0) is 36.3 Å². The topological polar surface area (TPSA) is 89.8 Å². The molecule has 2 aromatic carbocycles. The minimum absolute atomic E-state index is 0.0218. The van der Waals surface area contributed by atoms with Crippen molar-refractivity contribution in [1.82, 2.24) is 4.90 Å². The Kier molecular flexibility index (Phi) is 7.25. The molecule has 7 heteroatoms. The van der Waals surface area contributed by atoms with Gasteiger partial charge < -0.3 is 9.64 Å². The van der Waals surface area contributed by atoms with Crippen molar-refractivity contribution < 1.29 is 19.2 Å². The van der Waals surface area contributed by atoms with Crippen molar-refractivity contribution in [2.75, 3.05) is 13.2 Å². The van der Waals surface area contributed by atoms with Crippen LogP contribution in [0.3, 0.4) is 0 Å². The van der Waals surface area contributed by atoms with Gasteiger partial charge in [0.1, 0.15) is 6.54 Å². The molecule has 7 nitrogen and oxygen atoms in total. The number of amides is 1. The largest absolute Gasteiger partial charge is 0.465 e. The summed E-state index contributed by atoms with van der Waals surface area (Å²) in [6.07, 6.45) is 2.89. The molecule has 0 radical (unpaired) electrons. The van der Waals surface area contributed by atoms with Crippen LogP contribution in [0.15, 0.2) is 60.7 Å². The molecule has 0 saturated carbocycles. The zero-order chi connectivity index (χ0) is 19.6. The van der Waals surface area contributed by atoms with E-state index < -0.39 is 10.9 Å². The van der Waals surface area contributed by atoms with E-state index >= 15 is 0 Å². The van der Waals surface area contributed by atoms with Gasteiger partial charge in [0.15, 0.2) is 0 Å². The number of nitro groups is 1. The van der Waals surface area contributed by atoms with Crippen molar-refractivity contribution in [1.29, 1.82) is 0 Å². The van der Waals surface area contributed by atoms with Crippen molar-refractivity contribution >= 4 is 23.6 Å². The molecule has 0 saturated heterocycles. The molecule has 0 atom stereocenters. The normalized spacial score (nSPS) is 10.6. The lowest BCUT2D eigenvalue weighted by Crippen LogP contribution is -2.35. The molecule has 0 unspecified atom stereocenters. The molecule has 0 N–H and O–H groups in total. The quantitative estimate of drug-likeness (QED) is 0.309. The van der Waals surface area contributed by atoms with Crippen LogP contribution in [0.2, 0.25) is 0 Å². The number of carbonyl (C=O) groups is 2. The lowest BCUT2D eigenvalue weighted by Gasteiger charge is -2.20. The highest BCUT2D eigenvalue weighted by Gasteiger charge is 2.16. The minimum Gasteiger partial charge on any atom is -0.465 e. The second-order valence-electron chi connectivity index (χ2n) is 5.67. The maximum absolute atomic E-state index is 12.6. The molecular formula is C20H20N2O5. The molecule has 0 spiro atoms. The lowest BCUT2D eigenvalue weighted by atomic mass is 10.2. The Morgan fingerprint density at radius 2 is 1.78 bits per heavy atom. The van der Waals surface area contributed by atoms with Crippen LogP contribution in [0.4, 0.5) is 5.69 Å². The van der Waals surface area contributed by atoms with E-state index in [0.29, 0.717) is 5.56 Å². The third kappa shape index (κ3) is 6.39. The minimum atomic E-state index is -0.487. The van der Waals surface area contributed by atoms with Gasteiger partial charge in [-0.2, -0.15) is 0 Å². The summed E-state index contributed by atoms with van der Waals surface area (Å²) >= 11 is 0. The van der Waals surface area contributed by atoms with E-state index in [1.165, 1.54) is 23.1 Å². The first-order chi connectivity index (χ1) is 13.0. The van der Waals surface area contributed by atoms with E-state index in [1.54, 1.807) is 25.1 Å². The van der Waals surface area contributed by atoms with Gasteiger partial charge in [0.25, 0.3) is 5.69 Å². The van der Waals surface area contributed by atoms with Gasteiger partial charge >= 0.3 is 5.97 Å². The number of benzene rings is 2. The Hall–Kier alpha value is -3.48. The third-order valence-electron chi connectivity index (χ3n) is 3.68. The molecule has 2 rings (SSSR count). The standard InChI is InChI=1S/C20H20N2O5/c1-2-27-20(24)15-21(14-17-6-4-3-5-7-17)19(23)13-10-16-8-11-18(12-9-16)22(25)26/h3-13H,2,14-15H2,1H3/b13-10+. The number of hydrogen-bond donors (Lipinski definition) is 0. The molecular weight excluding hydrogens is 348 g/mol. The summed E-state index contributed by atoms with van der Waals surface area (Å²) in [6, 6.07) is 15.1. The van der Waals surface area contributed by atoms with E-state index in [1.807, 2.05) is 30.3 Å². The van der Waals surface area contributed by atoms with Gasteiger partial charge in [0.05, 0.1) is 11.5 Å². The highest BCUT2D eigenvalue weighted by molar-refractivity contribution is 5.93. The number of nitro benzene ring substituents is 1. The van der Waals surface area contributed by atoms with Crippen LogP contribution < -0.4 is 0 Å². The summed E-state index contributed by atoms with van der Waals surface area (Å²) in [6.45, 7) is 2.05. The van der Waals surface area contributed by atoms with Crippen LogP contribution >= 0.6 is 0 Å². The fraction of sp³-hybridized carbons (Fsp3) is 0.200. The van der Waals surface area contributed by atoms with E-state index in [4.69, 9.17) is 4.74 Å². The average Bonchev–Trinajstić information content (AvgIpc) is 2.67.